The van der Waals surface area contributed by atoms with Crippen LogP contribution in [0.2, 0.25) is 0 Å². The lowest BCUT2D eigenvalue weighted by Gasteiger charge is -2.63. The number of rotatable bonds is 3. The number of likely N-dealkylation sites (tertiary alicyclic amines) is 1. The molecule has 0 radical (unpaired) electrons. The van der Waals surface area contributed by atoms with Crippen molar-refractivity contribution in [3.05, 3.63) is 46.0 Å². The van der Waals surface area contributed by atoms with Crippen molar-refractivity contribution in [3.8, 4) is 0 Å². The molecule has 0 bridgehead atoms. The minimum atomic E-state index is -0.901. The lowest BCUT2D eigenvalue weighted by Crippen LogP contribution is -2.77. The summed E-state index contributed by atoms with van der Waals surface area (Å²) < 4.78 is 0. The molecule has 1 aliphatic carbocycles. The Hall–Kier alpha value is -1.42. The molecule has 3 rings (SSSR count). The molecule has 0 N–H and O–H groups in total. The predicted octanol–water partition coefficient (Wildman–Crippen LogP) is 3.70. The van der Waals surface area contributed by atoms with E-state index in [2.05, 4.69) is 18.7 Å². The molecule has 1 heterocycles. The maximum Gasteiger partial charge on any atom is 0.242 e. The van der Waals surface area contributed by atoms with Crippen LogP contribution in [0.15, 0.2) is 30.3 Å². The number of hydrogen-bond acceptors (Lipinski definition) is 3. The molecule has 2 fully saturated rings. The largest absolute Gasteiger partial charge is 0.293 e. The van der Waals surface area contributed by atoms with E-state index in [9.17, 15) is 10.1 Å². The van der Waals surface area contributed by atoms with Gasteiger partial charge < -0.3 is 0 Å². The van der Waals surface area contributed by atoms with Crippen molar-refractivity contribution >= 4 is 0 Å². The Morgan fingerprint density at radius 1 is 1.09 bits per heavy atom. The molecule has 22 heavy (non-hydrogen) atoms. The van der Waals surface area contributed by atoms with Crippen molar-refractivity contribution in [2.24, 2.45) is 5.41 Å². The van der Waals surface area contributed by atoms with Crippen molar-refractivity contribution in [2.75, 3.05) is 13.1 Å². The molecular weight excluding hydrogens is 276 g/mol. The summed E-state index contributed by atoms with van der Waals surface area (Å²) in [6.07, 6.45) is 3.58. The lowest BCUT2D eigenvalue weighted by atomic mass is 9.45. The lowest BCUT2D eigenvalue weighted by molar-refractivity contribution is -0.609. The minimum absolute atomic E-state index is 0.0144. The third kappa shape index (κ3) is 2.08. The van der Waals surface area contributed by atoms with Crippen LogP contribution in [0.5, 0.6) is 0 Å². The van der Waals surface area contributed by atoms with Gasteiger partial charge >= 0.3 is 0 Å². The summed E-state index contributed by atoms with van der Waals surface area (Å²) in [7, 11) is 0. The smallest absolute Gasteiger partial charge is 0.242 e. The van der Waals surface area contributed by atoms with E-state index in [-0.39, 0.29) is 22.3 Å². The van der Waals surface area contributed by atoms with Crippen LogP contribution in [-0.2, 0) is 0 Å². The van der Waals surface area contributed by atoms with Gasteiger partial charge in [-0.2, -0.15) is 0 Å². The van der Waals surface area contributed by atoms with Crippen molar-refractivity contribution in [1.82, 2.24) is 4.90 Å². The number of piperidine rings is 1. The minimum Gasteiger partial charge on any atom is -0.293 e. The van der Waals surface area contributed by atoms with Gasteiger partial charge in [0.25, 0.3) is 0 Å². The first-order chi connectivity index (χ1) is 10.4. The summed E-state index contributed by atoms with van der Waals surface area (Å²) in [4.78, 5) is 14.4. The molecule has 3 unspecified atom stereocenters. The van der Waals surface area contributed by atoms with Crippen LogP contribution in [0.4, 0.5) is 0 Å². The van der Waals surface area contributed by atoms with Gasteiger partial charge in [-0.25, -0.2) is 0 Å². The van der Waals surface area contributed by atoms with E-state index >= 15 is 0 Å². The average molecular weight is 302 g/mol. The van der Waals surface area contributed by atoms with Gasteiger partial charge in [0.15, 0.2) is 0 Å². The highest BCUT2D eigenvalue weighted by atomic mass is 16.6. The predicted molar refractivity (Wildman–Crippen MR) is 87.6 cm³/mol. The summed E-state index contributed by atoms with van der Waals surface area (Å²) in [6, 6.07) is 10.0. The molecule has 1 aromatic rings. The highest BCUT2D eigenvalue weighted by Crippen LogP contribution is 2.62. The van der Waals surface area contributed by atoms with Crippen molar-refractivity contribution < 1.29 is 4.92 Å². The van der Waals surface area contributed by atoms with E-state index in [0.717, 1.165) is 31.5 Å². The highest BCUT2D eigenvalue weighted by molar-refractivity contribution is 5.34. The van der Waals surface area contributed by atoms with Crippen LogP contribution in [0.1, 0.15) is 51.5 Å². The summed E-state index contributed by atoms with van der Waals surface area (Å²) in [6.45, 7) is 8.26. The van der Waals surface area contributed by atoms with Crippen molar-refractivity contribution in [3.63, 3.8) is 0 Å². The monoisotopic (exact) mass is 302 g/mol. The normalized spacial score (nSPS) is 34.9. The van der Waals surface area contributed by atoms with E-state index in [0.29, 0.717) is 0 Å². The first-order valence-electron chi connectivity index (χ1n) is 8.33. The van der Waals surface area contributed by atoms with Gasteiger partial charge in [-0.05, 0) is 31.5 Å². The third-order valence-corrected chi connectivity index (χ3v) is 5.87. The third-order valence-electron chi connectivity index (χ3n) is 5.87. The van der Waals surface area contributed by atoms with Crippen LogP contribution in [0.25, 0.3) is 0 Å². The Labute approximate surface area is 132 Å². The average Bonchev–Trinajstić information content (AvgIpc) is 2.48. The zero-order valence-electron chi connectivity index (χ0n) is 13.8. The van der Waals surface area contributed by atoms with E-state index in [1.165, 1.54) is 6.42 Å². The van der Waals surface area contributed by atoms with Crippen LogP contribution < -0.4 is 0 Å². The topological polar surface area (TPSA) is 46.4 Å². The number of nitrogens with zero attached hydrogens (tertiary/aromatic N) is 2. The fraction of sp³-hybridized carbons (Fsp3) is 0.667. The zero-order chi connectivity index (χ0) is 16.0. The quantitative estimate of drug-likeness (QED) is 0.632. The molecular formula is C18H26N2O2. The van der Waals surface area contributed by atoms with E-state index in [4.69, 9.17) is 0 Å². The molecule has 1 saturated carbocycles. The fourth-order valence-corrected chi connectivity index (χ4v) is 5.36. The first kappa shape index (κ1) is 15.5. The summed E-state index contributed by atoms with van der Waals surface area (Å²) >= 11 is 0. The van der Waals surface area contributed by atoms with Crippen LogP contribution in [-0.4, -0.2) is 34.5 Å². The molecule has 120 valence electrons. The van der Waals surface area contributed by atoms with Crippen molar-refractivity contribution in [1.29, 1.82) is 0 Å². The summed E-state index contributed by atoms with van der Waals surface area (Å²) in [5, 5.41) is 12.0. The molecule has 1 saturated heterocycles. The number of benzene rings is 1. The molecule has 2 aliphatic rings. The molecule has 3 atom stereocenters. The second kappa shape index (κ2) is 5.34. The Morgan fingerprint density at radius 3 is 2.23 bits per heavy atom. The maximum absolute atomic E-state index is 12.0. The molecule has 1 aliphatic heterocycles. The van der Waals surface area contributed by atoms with Crippen LogP contribution in [0, 0.1) is 15.5 Å². The number of hydrogen-bond donors (Lipinski definition) is 0. The molecule has 4 heteroatoms. The second-order valence-corrected chi connectivity index (χ2v) is 7.65. The van der Waals surface area contributed by atoms with Crippen LogP contribution in [0.3, 0.4) is 0 Å². The van der Waals surface area contributed by atoms with Gasteiger partial charge in [0.1, 0.15) is 0 Å². The highest BCUT2D eigenvalue weighted by Gasteiger charge is 2.74. The maximum atomic E-state index is 12.0. The summed E-state index contributed by atoms with van der Waals surface area (Å²) in [5.41, 5.74) is 0.114. The molecule has 4 nitrogen and oxygen atoms in total. The van der Waals surface area contributed by atoms with Gasteiger partial charge in [0, 0.05) is 17.3 Å². The standard InChI is InChI=1S/C18H26N2O2/c1-17(2)15(14-10-6-4-7-11-14)18(3,20(21)22)16(17)19-12-8-5-9-13-19/h4,6-7,10-11,15-16H,5,8-9,12-13H2,1-3H3. The Balaban J connectivity index is 1.99. The van der Waals surface area contributed by atoms with Gasteiger partial charge in [0.05, 0.1) is 12.0 Å². The van der Waals surface area contributed by atoms with E-state index in [1.807, 2.05) is 37.3 Å². The van der Waals surface area contributed by atoms with Crippen molar-refractivity contribution in [2.45, 2.75) is 57.5 Å². The van der Waals surface area contributed by atoms with Gasteiger partial charge in [0.2, 0.25) is 5.54 Å². The Bertz CT molecular complexity index is 551. The summed E-state index contributed by atoms with van der Waals surface area (Å²) in [5.74, 6) is -0.0388. The molecule has 1 aromatic carbocycles. The zero-order valence-corrected chi connectivity index (χ0v) is 13.8. The van der Waals surface area contributed by atoms with Gasteiger partial charge in [-0.15, -0.1) is 0 Å². The molecule has 0 amide bonds. The SMILES string of the molecule is CC1(C)C(c2ccccc2)C(C)([N+](=O)[O-])C1N1CCCCC1. The Morgan fingerprint density at radius 2 is 1.68 bits per heavy atom. The first-order valence-corrected chi connectivity index (χ1v) is 8.33. The van der Waals surface area contributed by atoms with Gasteiger partial charge in [-0.1, -0.05) is 50.6 Å². The second-order valence-electron chi connectivity index (χ2n) is 7.65. The fourth-order valence-electron chi connectivity index (χ4n) is 5.36. The van der Waals surface area contributed by atoms with Crippen LogP contribution >= 0.6 is 0 Å². The number of nitro groups is 1. The molecule has 0 spiro atoms. The molecule has 0 aromatic heterocycles. The van der Waals surface area contributed by atoms with E-state index < -0.39 is 5.54 Å². The van der Waals surface area contributed by atoms with Gasteiger partial charge in [-0.3, -0.25) is 15.0 Å². The Kier molecular flexibility index (Phi) is 3.76. The van der Waals surface area contributed by atoms with E-state index in [1.54, 1.807) is 0 Å².